The number of esters is 1. The lowest BCUT2D eigenvalue weighted by Crippen LogP contribution is -2.28. The van der Waals surface area contributed by atoms with Crippen molar-refractivity contribution in [1.29, 1.82) is 0 Å². The molecule has 0 aliphatic heterocycles. The lowest BCUT2D eigenvalue weighted by Gasteiger charge is -2.38. The van der Waals surface area contributed by atoms with Crippen molar-refractivity contribution in [1.82, 2.24) is 0 Å². The Morgan fingerprint density at radius 1 is 1.29 bits per heavy atom. The van der Waals surface area contributed by atoms with Gasteiger partial charge in [-0.2, -0.15) is 0 Å². The average molecular weight is 294 g/mol. The molecule has 1 saturated carbocycles. The SMILES string of the molecule is COC(=O)c1ccc(C(O)C2CCC(C(C)(C)C)CC2)o1. The molecular formula is C17H26O4. The van der Waals surface area contributed by atoms with Gasteiger partial charge in [-0.05, 0) is 55.1 Å². The van der Waals surface area contributed by atoms with Crippen LogP contribution in [0.2, 0.25) is 0 Å². The van der Waals surface area contributed by atoms with Gasteiger partial charge in [-0.1, -0.05) is 20.8 Å². The number of ether oxygens (including phenoxy) is 1. The quantitative estimate of drug-likeness (QED) is 0.857. The van der Waals surface area contributed by atoms with E-state index >= 15 is 0 Å². The highest BCUT2D eigenvalue weighted by molar-refractivity contribution is 5.86. The number of aliphatic hydroxyl groups is 1. The van der Waals surface area contributed by atoms with Gasteiger partial charge in [-0.25, -0.2) is 4.79 Å². The first-order valence-electron chi connectivity index (χ1n) is 7.69. The number of rotatable bonds is 3. The minimum absolute atomic E-state index is 0.148. The van der Waals surface area contributed by atoms with Gasteiger partial charge in [-0.3, -0.25) is 0 Å². The van der Waals surface area contributed by atoms with Gasteiger partial charge in [0.1, 0.15) is 11.9 Å². The van der Waals surface area contributed by atoms with E-state index in [1.54, 1.807) is 12.1 Å². The van der Waals surface area contributed by atoms with E-state index in [2.05, 4.69) is 25.5 Å². The Kier molecular flexibility index (Phi) is 4.77. The molecule has 0 saturated heterocycles. The van der Waals surface area contributed by atoms with Gasteiger partial charge in [0.05, 0.1) is 7.11 Å². The van der Waals surface area contributed by atoms with Crippen LogP contribution in [0.1, 0.15) is 68.9 Å². The summed E-state index contributed by atoms with van der Waals surface area (Å²) in [6.07, 6.45) is 3.63. The van der Waals surface area contributed by atoms with Gasteiger partial charge in [-0.15, -0.1) is 0 Å². The summed E-state index contributed by atoms with van der Waals surface area (Å²) in [5.41, 5.74) is 0.332. The minimum Gasteiger partial charge on any atom is -0.463 e. The highest BCUT2D eigenvalue weighted by atomic mass is 16.5. The number of hydrogen-bond acceptors (Lipinski definition) is 4. The van der Waals surface area contributed by atoms with Crippen molar-refractivity contribution >= 4 is 5.97 Å². The zero-order valence-electron chi connectivity index (χ0n) is 13.4. The van der Waals surface area contributed by atoms with Crippen molar-refractivity contribution in [3.8, 4) is 0 Å². The molecule has 0 radical (unpaired) electrons. The molecule has 0 spiro atoms. The van der Waals surface area contributed by atoms with E-state index in [0.717, 1.165) is 25.7 Å². The Morgan fingerprint density at radius 2 is 1.90 bits per heavy atom. The number of methoxy groups -OCH3 is 1. The van der Waals surface area contributed by atoms with Gasteiger partial charge >= 0.3 is 5.97 Å². The molecule has 1 unspecified atom stereocenters. The Hall–Kier alpha value is -1.29. The molecule has 1 aliphatic rings. The van der Waals surface area contributed by atoms with E-state index in [1.165, 1.54) is 7.11 Å². The number of carbonyl (C=O) groups is 1. The van der Waals surface area contributed by atoms with E-state index in [9.17, 15) is 9.90 Å². The molecule has 2 rings (SSSR count). The van der Waals surface area contributed by atoms with Crippen LogP contribution in [0.5, 0.6) is 0 Å². The summed E-state index contributed by atoms with van der Waals surface area (Å²) in [5.74, 6) is 1.03. The van der Waals surface area contributed by atoms with Crippen molar-refractivity contribution in [3.05, 3.63) is 23.7 Å². The van der Waals surface area contributed by atoms with Crippen molar-refractivity contribution < 1.29 is 19.1 Å². The fourth-order valence-electron chi connectivity index (χ4n) is 3.26. The van der Waals surface area contributed by atoms with Crippen LogP contribution < -0.4 is 0 Å². The number of aliphatic hydroxyl groups excluding tert-OH is 1. The second-order valence-electron chi connectivity index (χ2n) is 7.12. The van der Waals surface area contributed by atoms with Crippen molar-refractivity contribution in [3.63, 3.8) is 0 Å². The molecule has 0 amide bonds. The molecule has 118 valence electrons. The van der Waals surface area contributed by atoms with E-state index in [-0.39, 0.29) is 11.7 Å². The highest BCUT2D eigenvalue weighted by Crippen LogP contribution is 2.43. The average Bonchev–Trinajstić information content (AvgIpc) is 2.94. The summed E-state index contributed by atoms with van der Waals surface area (Å²) in [6.45, 7) is 6.84. The summed E-state index contributed by atoms with van der Waals surface area (Å²) in [5, 5.41) is 10.5. The Bertz CT molecular complexity index is 475. The van der Waals surface area contributed by atoms with Crippen LogP contribution in [-0.4, -0.2) is 18.2 Å². The third kappa shape index (κ3) is 3.67. The van der Waals surface area contributed by atoms with E-state index in [0.29, 0.717) is 17.1 Å². The summed E-state index contributed by atoms with van der Waals surface area (Å²) in [6, 6.07) is 3.23. The smallest absolute Gasteiger partial charge is 0.373 e. The topological polar surface area (TPSA) is 59.7 Å². The molecule has 1 atom stereocenters. The number of carbonyl (C=O) groups excluding carboxylic acids is 1. The van der Waals surface area contributed by atoms with E-state index < -0.39 is 12.1 Å². The number of furan rings is 1. The van der Waals surface area contributed by atoms with Crippen LogP contribution >= 0.6 is 0 Å². The van der Waals surface area contributed by atoms with Crippen LogP contribution in [0.15, 0.2) is 16.5 Å². The van der Waals surface area contributed by atoms with Crippen LogP contribution in [-0.2, 0) is 4.74 Å². The molecule has 4 heteroatoms. The first kappa shape index (κ1) is 16.1. The van der Waals surface area contributed by atoms with Gasteiger partial charge < -0.3 is 14.3 Å². The Labute approximate surface area is 126 Å². The minimum atomic E-state index is -0.635. The Morgan fingerprint density at radius 3 is 2.43 bits per heavy atom. The summed E-state index contributed by atoms with van der Waals surface area (Å²) < 4.78 is 10.0. The molecule has 1 N–H and O–H groups in total. The number of hydrogen-bond donors (Lipinski definition) is 1. The van der Waals surface area contributed by atoms with Crippen LogP contribution in [0.4, 0.5) is 0 Å². The fourth-order valence-corrected chi connectivity index (χ4v) is 3.26. The zero-order valence-corrected chi connectivity index (χ0v) is 13.4. The highest BCUT2D eigenvalue weighted by Gasteiger charge is 2.33. The third-order valence-corrected chi connectivity index (χ3v) is 4.75. The summed E-state index contributed by atoms with van der Waals surface area (Å²) >= 11 is 0. The molecule has 1 heterocycles. The van der Waals surface area contributed by atoms with Gasteiger partial charge in [0.15, 0.2) is 0 Å². The maximum absolute atomic E-state index is 11.4. The lowest BCUT2D eigenvalue weighted by molar-refractivity contribution is 0.0359. The predicted molar refractivity (Wildman–Crippen MR) is 79.9 cm³/mol. The monoisotopic (exact) mass is 294 g/mol. The molecule has 0 aromatic carbocycles. The zero-order chi connectivity index (χ0) is 15.6. The first-order chi connectivity index (χ1) is 9.82. The molecule has 21 heavy (non-hydrogen) atoms. The maximum Gasteiger partial charge on any atom is 0.373 e. The lowest BCUT2D eigenvalue weighted by atomic mass is 9.69. The van der Waals surface area contributed by atoms with Crippen molar-refractivity contribution in [2.45, 2.75) is 52.6 Å². The largest absolute Gasteiger partial charge is 0.463 e. The van der Waals surface area contributed by atoms with Gasteiger partial charge in [0, 0.05) is 0 Å². The standard InChI is InChI=1S/C17H26O4/c1-17(2,3)12-7-5-11(6-8-12)15(18)13-9-10-14(21-13)16(19)20-4/h9-12,15,18H,5-8H2,1-4H3. The third-order valence-electron chi connectivity index (χ3n) is 4.75. The van der Waals surface area contributed by atoms with Crippen molar-refractivity contribution in [2.75, 3.05) is 7.11 Å². The second kappa shape index (κ2) is 6.22. The molecule has 1 aromatic heterocycles. The first-order valence-corrected chi connectivity index (χ1v) is 7.69. The molecule has 1 aliphatic carbocycles. The normalized spacial score (nSPS) is 24.6. The van der Waals surface area contributed by atoms with Gasteiger partial charge in [0.25, 0.3) is 0 Å². The van der Waals surface area contributed by atoms with Gasteiger partial charge in [0.2, 0.25) is 5.76 Å². The van der Waals surface area contributed by atoms with Crippen LogP contribution in [0.3, 0.4) is 0 Å². The predicted octanol–water partition coefficient (Wildman–Crippen LogP) is 3.95. The molecular weight excluding hydrogens is 268 g/mol. The van der Waals surface area contributed by atoms with Crippen LogP contribution in [0.25, 0.3) is 0 Å². The molecule has 1 fully saturated rings. The van der Waals surface area contributed by atoms with Crippen molar-refractivity contribution in [2.24, 2.45) is 17.3 Å². The molecule has 4 nitrogen and oxygen atoms in total. The molecule has 0 bridgehead atoms. The summed E-state index contributed by atoms with van der Waals surface area (Å²) in [7, 11) is 1.31. The van der Waals surface area contributed by atoms with E-state index in [1.807, 2.05) is 0 Å². The van der Waals surface area contributed by atoms with E-state index in [4.69, 9.17) is 4.42 Å². The second-order valence-corrected chi connectivity index (χ2v) is 7.12. The fraction of sp³-hybridized carbons (Fsp3) is 0.706. The maximum atomic E-state index is 11.4. The molecule has 1 aromatic rings. The summed E-state index contributed by atoms with van der Waals surface area (Å²) in [4.78, 5) is 11.4. The Balaban J connectivity index is 1.97. The van der Waals surface area contributed by atoms with Crippen LogP contribution in [0, 0.1) is 17.3 Å².